The maximum Gasteiger partial charge on any atom is 0.0885 e. The van der Waals surface area contributed by atoms with E-state index in [1.807, 2.05) is 0 Å². The zero-order valence-electron chi connectivity index (χ0n) is 8.66. The Morgan fingerprint density at radius 3 is 3.00 bits per heavy atom. The molecule has 1 unspecified atom stereocenters. The van der Waals surface area contributed by atoms with E-state index in [0.717, 1.165) is 6.42 Å². The highest BCUT2D eigenvalue weighted by molar-refractivity contribution is 5.61. The predicted molar refractivity (Wildman–Crippen MR) is 57.2 cm³/mol. The number of aryl methyl sites for hydroxylation is 1. The largest absolute Gasteiger partial charge is 0.369 e. The lowest BCUT2D eigenvalue weighted by atomic mass is 10.0. The van der Waals surface area contributed by atoms with E-state index in [1.54, 1.807) is 0 Å². The predicted octanol–water partition coefficient (Wildman–Crippen LogP) is 1.25. The second-order valence-corrected chi connectivity index (χ2v) is 3.87. The van der Waals surface area contributed by atoms with E-state index >= 15 is 0 Å². The molecule has 0 spiro atoms. The molecule has 1 atom stereocenters. The molecule has 2 N–H and O–H groups in total. The maximum atomic E-state index is 5.12. The number of nitrogens with two attached hydrogens (primary N) is 1. The van der Waals surface area contributed by atoms with Crippen LogP contribution in [0.25, 0.3) is 0 Å². The molecule has 76 valence electrons. The third kappa shape index (κ3) is 1.38. The summed E-state index contributed by atoms with van der Waals surface area (Å²) in [5.41, 5.74) is 4.10. The van der Waals surface area contributed by atoms with E-state index in [0.29, 0.717) is 12.6 Å². The van der Waals surface area contributed by atoms with Gasteiger partial charge in [-0.15, -0.1) is 0 Å². The molecular formula is C11H16N2O. The topological polar surface area (TPSA) is 38.5 Å². The molecule has 0 fully saturated rings. The van der Waals surface area contributed by atoms with Crippen LogP contribution in [0.2, 0.25) is 0 Å². The van der Waals surface area contributed by atoms with Gasteiger partial charge in [0.05, 0.1) is 12.6 Å². The van der Waals surface area contributed by atoms with Gasteiger partial charge in [0.25, 0.3) is 0 Å². The summed E-state index contributed by atoms with van der Waals surface area (Å²) in [7, 11) is 2.09. The van der Waals surface area contributed by atoms with Gasteiger partial charge in [0.15, 0.2) is 0 Å². The number of hydrogen-bond acceptors (Lipinski definition) is 3. The minimum atomic E-state index is 0.385. The molecule has 0 saturated carbocycles. The summed E-state index contributed by atoms with van der Waals surface area (Å²) in [5, 5.41) is 0. The van der Waals surface area contributed by atoms with E-state index in [2.05, 4.69) is 37.1 Å². The van der Waals surface area contributed by atoms with Crippen molar-refractivity contribution in [2.45, 2.75) is 19.4 Å². The average Bonchev–Trinajstić information content (AvgIpc) is 2.48. The molecule has 1 aliphatic heterocycles. The third-order valence-electron chi connectivity index (χ3n) is 3.04. The first-order chi connectivity index (χ1) is 6.74. The summed E-state index contributed by atoms with van der Waals surface area (Å²) in [4.78, 5) is 6.97. The number of rotatable bonds is 2. The fourth-order valence-corrected chi connectivity index (χ4v) is 2.13. The molecule has 3 heteroatoms. The van der Waals surface area contributed by atoms with Crippen LogP contribution in [0.4, 0.5) is 5.69 Å². The van der Waals surface area contributed by atoms with Crippen molar-refractivity contribution in [1.82, 2.24) is 0 Å². The third-order valence-corrected chi connectivity index (χ3v) is 3.04. The van der Waals surface area contributed by atoms with Crippen molar-refractivity contribution < 1.29 is 4.84 Å². The smallest absolute Gasteiger partial charge is 0.0885 e. The SMILES string of the molecule is Cc1cccc2c1CC(CON)N2C. The van der Waals surface area contributed by atoms with Crippen molar-refractivity contribution >= 4 is 5.69 Å². The van der Waals surface area contributed by atoms with Crippen LogP contribution >= 0.6 is 0 Å². The number of hydrogen-bond donors (Lipinski definition) is 1. The Balaban J connectivity index is 2.30. The Morgan fingerprint density at radius 1 is 1.57 bits per heavy atom. The Bertz CT molecular complexity index is 338. The normalized spacial score (nSPS) is 19.9. The molecule has 0 bridgehead atoms. The lowest BCUT2D eigenvalue weighted by Crippen LogP contribution is -2.33. The van der Waals surface area contributed by atoms with Gasteiger partial charge in [0.2, 0.25) is 0 Å². The summed E-state index contributed by atoms with van der Waals surface area (Å²) < 4.78 is 0. The highest BCUT2D eigenvalue weighted by Crippen LogP contribution is 2.32. The van der Waals surface area contributed by atoms with Crippen LogP contribution in [0.5, 0.6) is 0 Å². The van der Waals surface area contributed by atoms with Crippen molar-refractivity contribution in [3.63, 3.8) is 0 Å². The Labute approximate surface area is 84.4 Å². The van der Waals surface area contributed by atoms with Crippen molar-refractivity contribution in [3.05, 3.63) is 29.3 Å². The quantitative estimate of drug-likeness (QED) is 0.717. The van der Waals surface area contributed by atoms with Crippen molar-refractivity contribution in [2.24, 2.45) is 5.90 Å². The summed E-state index contributed by atoms with van der Waals surface area (Å²) in [6, 6.07) is 6.78. The molecule has 0 radical (unpaired) electrons. The van der Waals surface area contributed by atoms with Gasteiger partial charge in [0.1, 0.15) is 0 Å². The Kier molecular flexibility index (Phi) is 2.44. The zero-order chi connectivity index (χ0) is 10.1. The minimum absolute atomic E-state index is 0.385. The molecule has 1 aromatic rings. The van der Waals surface area contributed by atoms with Crippen LogP contribution < -0.4 is 10.8 Å². The highest BCUT2D eigenvalue weighted by atomic mass is 16.6. The van der Waals surface area contributed by atoms with Crippen molar-refractivity contribution in [1.29, 1.82) is 0 Å². The molecule has 2 rings (SSSR count). The molecule has 0 amide bonds. The van der Waals surface area contributed by atoms with Gasteiger partial charge in [-0.2, -0.15) is 0 Å². The van der Waals surface area contributed by atoms with E-state index < -0.39 is 0 Å². The van der Waals surface area contributed by atoms with Crippen LogP contribution in [0, 0.1) is 6.92 Å². The van der Waals surface area contributed by atoms with Crippen LogP contribution in [-0.2, 0) is 11.3 Å². The van der Waals surface area contributed by atoms with Crippen LogP contribution in [0.15, 0.2) is 18.2 Å². The van der Waals surface area contributed by atoms with E-state index in [-0.39, 0.29) is 0 Å². The zero-order valence-corrected chi connectivity index (χ0v) is 8.66. The number of fused-ring (bicyclic) bond motifs is 1. The fourth-order valence-electron chi connectivity index (χ4n) is 2.13. The summed E-state index contributed by atoms with van der Waals surface area (Å²) in [5.74, 6) is 5.12. The highest BCUT2D eigenvalue weighted by Gasteiger charge is 2.27. The van der Waals surface area contributed by atoms with Gasteiger partial charge in [-0.1, -0.05) is 12.1 Å². The standard InChI is InChI=1S/C11H16N2O/c1-8-4-3-5-11-10(8)6-9(7-14-12)13(11)2/h3-5,9H,6-7,12H2,1-2H3. The van der Waals surface area contributed by atoms with Gasteiger partial charge in [-0.3, -0.25) is 0 Å². The summed E-state index contributed by atoms with van der Waals surface area (Å²) >= 11 is 0. The number of nitrogens with zero attached hydrogens (tertiary/aromatic N) is 1. The van der Waals surface area contributed by atoms with Crippen molar-refractivity contribution in [3.8, 4) is 0 Å². The van der Waals surface area contributed by atoms with E-state index in [4.69, 9.17) is 10.7 Å². The number of anilines is 1. The Hall–Kier alpha value is -1.06. The molecular weight excluding hydrogens is 176 g/mol. The lowest BCUT2D eigenvalue weighted by molar-refractivity contribution is 0.124. The second-order valence-electron chi connectivity index (χ2n) is 3.87. The van der Waals surface area contributed by atoms with Crippen LogP contribution in [-0.4, -0.2) is 19.7 Å². The summed E-state index contributed by atoms with van der Waals surface area (Å²) in [6.07, 6.45) is 1.04. The first kappa shape index (κ1) is 9.49. The van der Waals surface area contributed by atoms with Crippen LogP contribution in [0.3, 0.4) is 0 Å². The minimum Gasteiger partial charge on any atom is -0.369 e. The lowest BCUT2D eigenvalue weighted by Gasteiger charge is -2.21. The summed E-state index contributed by atoms with van der Waals surface area (Å²) in [6.45, 7) is 2.74. The van der Waals surface area contributed by atoms with Gasteiger partial charge in [-0.25, -0.2) is 5.90 Å². The van der Waals surface area contributed by atoms with Gasteiger partial charge >= 0.3 is 0 Å². The first-order valence-electron chi connectivity index (χ1n) is 4.87. The number of benzene rings is 1. The molecule has 14 heavy (non-hydrogen) atoms. The van der Waals surface area contributed by atoms with Crippen molar-refractivity contribution in [2.75, 3.05) is 18.6 Å². The molecule has 1 aromatic carbocycles. The van der Waals surface area contributed by atoms with Gasteiger partial charge in [-0.05, 0) is 30.5 Å². The first-order valence-corrected chi connectivity index (χ1v) is 4.87. The second kappa shape index (κ2) is 3.59. The molecule has 1 heterocycles. The maximum absolute atomic E-state index is 5.12. The molecule has 0 aromatic heterocycles. The molecule has 3 nitrogen and oxygen atoms in total. The van der Waals surface area contributed by atoms with Gasteiger partial charge in [0, 0.05) is 12.7 Å². The number of likely N-dealkylation sites (N-methyl/N-ethyl adjacent to an activating group) is 1. The molecule has 1 aliphatic rings. The Morgan fingerprint density at radius 2 is 2.36 bits per heavy atom. The average molecular weight is 192 g/mol. The molecule has 0 aliphatic carbocycles. The van der Waals surface area contributed by atoms with Gasteiger partial charge < -0.3 is 9.74 Å². The van der Waals surface area contributed by atoms with E-state index in [1.165, 1.54) is 16.8 Å². The fraction of sp³-hybridized carbons (Fsp3) is 0.455. The van der Waals surface area contributed by atoms with Crippen LogP contribution in [0.1, 0.15) is 11.1 Å². The monoisotopic (exact) mass is 192 g/mol. The molecule has 0 saturated heterocycles. The van der Waals surface area contributed by atoms with E-state index in [9.17, 15) is 0 Å².